The summed E-state index contributed by atoms with van der Waals surface area (Å²) >= 11 is 0. The Morgan fingerprint density at radius 3 is 2.00 bits per heavy atom. The van der Waals surface area contributed by atoms with Crippen LogP contribution in [0, 0.1) is 5.92 Å². The molecule has 2 nitrogen and oxygen atoms in total. The Bertz CT molecular complexity index is 72.9. The lowest BCUT2D eigenvalue weighted by molar-refractivity contribution is -0.123. The third-order valence-electron chi connectivity index (χ3n) is 1.16. The minimum atomic E-state index is -0.464. The second-order valence-corrected chi connectivity index (χ2v) is 3.55. The van der Waals surface area contributed by atoms with Gasteiger partial charge in [0.1, 0.15) is 0 Å². The summed E-state index contributed by atoms with van der Waals surface area (Å²) in [6, 6.07) is 0. The first-order chi connectivity index (χ1) is 5.13. The van der Waals surface area contributed by atoms with Crippen LogP contribution in [-0.2, 0) is 4.74 Å². The summed E-state index contributed by atoms with van der Waals surface area (Å²) in [7, 11) is 0. The van der Waals surface area contributed by atoms with Crippen LogP contribution in [0.2, 0.25) is 0 Å². The van der Waals surface area contributed by atoms with Crippen molar-refractivity contribution in [3.63, 3.8) is 0 Å². The molecule has 2 heteroatoms. The monoisotopic (exact) mass is 160 g/mol. The van der Waals surface area contributed by atoms with Crippen molar-refractivity contribution in [3.8, 4) is 0 Å². The van der Waals surface area contributed by atoms with Gasteiger partial charge in [0.25, 0.3) is 0 Å². The number of rotatable bonds is 0. The van der Waals surface area contributed by atoms with Gasteiger partial charge in [0.15, 0.2) is 6.29 Å². The maximum Gasteiger partial charge on any atom is 0.154 e. The van der Waals surface area contributed by atoms with Crippen molar-refractivity contribution in [2.45, 2.75) is 46.3 Å². The fraction of sp³-hybridized carbons (Fsp3) is 1.00. The van der Waals surface area contributed by atoms with Crippen molar-refractivity contribution in [1.29, 1.82) is 0 Å². The van der Waals surface area contributed by atoms with Gasteiger partial charge in [-0.2, -0.15) is 0 Å². The van der Waals surface area contributed by atoms with E-state index in [2.05, 4.69) is 20.8 Å². The quantitative estimate of drug-likeness (QED) is 0.588. The van der Waals surface area contributed by atoms with Crippen LogP contribution < -0.4 is 0 Å². The lowest BCUT2D eigenvalue weighted by Crippen LogP contribution is -2.17. The highest BCUT2D eigenvalue weighted by Gasteiger charge is 2.07. The molecule has 1 atom stereocenters. The first kappa shape index (κ1) is 10.9. The molecule has 1 saturated heterocycles. The molecule has 0 spiro atoms. The fourth-order valence-corrected chi connectivity index (χ4v) is 0.724. The molecule has 1 heterocycles. The average molecular weight is 160 g/mol. The van der Waals surface area contributed by atoms with Gasteiger partial charge in [-0.1, -0.05) is 20.8 Å². The van der Waals surface area contributed by atoms with E-state index in [0.717, 1.165) is 31.8 Å². The van der Waals surface area contributed by atoms with Gasteiger partial charge in [0.2, 0.25) is 0 Å². The second-order valence-electron chi connectivity index (χ2n) is 3.55. The van der Waals surface area contributed by atoms with Gasteiger partial charge in [0, 0.05) is 6.61 Å². The maximum absolute atomic E-state index is 8.69. The summed E-state index contributed by atoms with van der Waals surface area (Å²) in [6.07, 6.45) is 2.58. The van der Waals surface area contributed by atoms with E-state index in [1.807, 2.05) is 0 Å². The van der Waals surface area contributed by atoms with Gasteiger partial charge in [-0.15, -0.1) is 0 Å². The number of aliphatic hydroxyl groups excluding tert-OH is 1. The van der Waals surface area contributed by atoms with Crippen molar-refractivity contribution in [2.24, 2.45) is 5.92 Å². The van der Waals surface area contributed by atoms with Crippen LogP contribution in [0.15, 0.2) is 0 Å². The largest absolute Gasteiger partial charge is 0.368 e. The highest BCUT2D eigenvalue weighted by Crippen LogP contribution is 2.08. The highest BCUT2D eigenvalue weighted by molar-refractivity contribution is 4.50. The molecule has 68 valence electrons. The molecule has 0 aromatic heterocycles. The Labute approximate surface area is 69.6 Å². The first-order valence-electron chi connectivity index (χ1n) is 4.42. The van der Waals surface area contributed by atoms with Crippen LogP contribution in [0.4, 0.5) is 0 Å². The Balaban J connectivity index is 0.000000218. The molecular formula is C9H20O2. The van der Waals surface area contributed by atoms with Crippen LogP contribution >= 0.6 is 0 Å². The number of hydrogen-bond donors (Lipinski definition) is 1. The molecule has 1 rings (SSSR count). The third-order valence-corrected chi connectivity index (χ3v) is 1.16. The summed E-state index contributed by atoms with van der Waals surface area (Å²) < 4.78 is 4.83. The molecule has 0 bridgehead atoms. The summed E-state index contributed by atoms with van der Waals surface area (Å²) in [6.45, 7) is 7.24. The molecule has 0 radical (unpaired) electrons. The molecule has 0 aromatic carbocycles. The van der Waals surface area contributed by atoms with Crippen LogP contribution in [0.25, 0.3) is 0 Å². The van der Waals surface area contributed by atoms with Gasteiger partial charge in [-0.05, 0) is 25.2 Å². The van der Waals surface area contributed by atoms with E-state index in [0.29, 0.717) is 0 Å². The lowest BCUT2D eigenvalue weighted by Gasteiger charge is -2.16. The van der Waals surface area contributed by atoms with Gasteiger partial charge >= 0.3 is 0 Å². The Kier molecular flexibility index (Phi) is 6.57. The standard InChI is InChI=1S/C5H10O2.C4H10/c6-5-3-1-2-4-7-5;1-4(2)3/h5-6H,1-4H2;4H,1-3H3. The molecule has 1 N–H and O–H groups in total. The minimum absolute atomic E-state index is 0.464. The maximum atomic E-state index is 8.69. The van der Waals surface area contributed by atoms with E-state index in [9.17, 15) is 0 Å². The van der Waals surface area contributed by atoms with Gasteiger partial charge in [-0.25, -0.2) is 0 Å². The van der Waals surface area contributed by atoms with Crippen LogP contribution in [0.1, 0.15) is 40.0 Å². The number of ether oxygens (including phenoxy) is 1. The van der Waals surface area contributed by atoms with Crippen molar-refractivity contribution in [2.75, 3.05) is 6.61 Å². The molecule has 11 heavy (non-hydrogen) atoms. The number of hydrogen-bond acceptors (Lipinski definition) is 2. The topological polar surface area (TPSA) is 29.5 Å². The van der Waals surface area contributed by atoms with E-state index in [-0.39, 0.29) is 0 Å². The molecule has 1 fully saturated rings. The zero-order valence-corrected chi connectivity index (χ0v) is 7.84. The van der Waals surface area contributed by atoms with Crippen molar-refractivity contribution in [3.05, 3.63) is 0 Å². The normalized spacial score (nSPS) is 24.3. The van der Waals surface area contributed by atoms with E-state index in [4.69, 9.17) is 9.84 Å². The molecular weight excluding hydrogens is 140 g/mol. The summed E-state index contributed by atoms with van der Waals surface area (Å²) in [5, 5.41) is 8.69. The highest BCUT2D eigenvalue weighted by atomic mass is 16.6. The molecule has 0 aliphatic carbocycles. The van der Waals surface area contributed by atoms with Gasteiger partial charge < -0.3 is 9.84 Å². The van der Waals surface area contributed by atoms with Crippen LogP contribution in [0.3, 0.4) is 0 Å². The van der Waals surface area contributed by atoms with Gasteiger partial charge in [-0.3, -0.25) is 0 Å². The third kappa shape index (κ3) is 9.92. The summed E-state index contributed by atoms with van der Waals surface area (Å²) in [5.41, 5.74) is 0. The first-order valence-corrected chi connectivity index (χ1v) is 4.42. The zero-order valence-electron chi connectivity index (χ0n) is 7.84. The fourth-order valence-electron chi connectivity index (χ4n) is 0.724. The average Bonchev–Trinajstić information content (AvgIpc) is 1.87. The SMILES string of the molecule is CC(C)C.OC1CCCCO1. The summed E-state index contributed by atoms with van der Waals surface area (Å²) in [5.74, 6) is 0.833. The lowest BCUT2D eigenvalue weighted by atomic mass is 10.2. The Morgan fingerprint density at radius 2 is 1.82 bits per heavy atom. The van der Waals surface area contributed by atoms with Crippen molar-refractivity contribution >= 4 is 0 Å². The van der Waals surface area contributed by atoms with E-state index >= 15 is 0 Å². The molecule has 1 aliphatic heterocycles. The molecule has 0 saturated carbocycles. The predicted molar refractivity (Wildman–Crippen MR) is 46.3 cm³/mol. The zero-order chi connectivity index (χ0) is 8.69. The van der Waals surface area contributed by atoms with E-state index in [1.54, 1.807) is 0 Å². The van der Waals surface area contributed by atoms with Crippen molar-refractivity contribution in [1.82, 2.24) is 0 Å². The van der Waals surface area contributed by atoms with Crippen LogP contribution in [0.5, 0.6) is 0 Å². The molecule has 0 amide bonds. The Morgan fingerprint density at radius 1 is 1.27 bits per heavy atom. The molecule has 1 unspecified atom stereocenters. The van der Waals surface area contributed by atoms with E-state index < -0.39 is 6.29 Å². The minimum Gasteiger partial charge on any atom is -0.368 e. The smallest absolute Gasteiger partial charge is 0.154 e. The molecule has 0 aromatic rings. The molecule has 1 aliphatic rings. The summed E-state index contributed by atoms with van der Waals surface area (Å²) in [4.78, 5) is 0. The number of aliphatic hydroxyl groups is 1. The van der Waals surface area contributed by atoms with Crippen LogP contribution in [-0.4, -0.2) is 18.0 Å². The van der Waals surface area contributed by atoms with Crippen molar-refractivity contribution < 1.29 is 9.84 Å². The van der Waals surface area contributed by atoms with Gasteiger partial charge in [0.05, 0.1) is 0 Å². The predicted octanol–water partition coefficient (Wildman–Crippen LogP) is 2.17. The second kappa shape index (κ2) is 6.62. The Hall–Kier alpha value is -0.0800. The van der Waals surface area contributed by atoms with E-state index in [1.165, 1.54) is 0 Å².